The number of aromatic amines is 2. The van der Waals surface area contributed by atoms with E-state index in [0.29, 0.717) is 32.5 Å². The first-order valence-electron chi connectivity index (χ1n) is 23.4. The Morgan fingerprint density at radius 3 is 2.10 bits per heavy atom. The number of hydrogen-bond acceptors (Lipinski definition) is 16. The average molecular weight is 1000 g/mol. The number of phosphoric acid groups is 1. The molecule has 5 rings (SSSR count). The molecule has 3 fully saturated rings. The highest BCUT2D eigenvalue weighted by Crippen LogP contribution is 2.34. The van der Waals surface area contributed by atoms with Crippen LogP contribution in [-0.2, 0) is 28.2 Å². The van der Waals surface area contributed by atoms with Gasteiger partial charge in [0.05, 0.1) is 43.6 Å². The summed E-state index contributed by atoms with van der Waals surface area (Å²) in [5, 5.41) is 50.4. The summed E-state index contributed by atoms with van der Waals surface area (Å²) in [7, 11) is -4.67. The second kappa shape index (κ2) is 29.7. The minimum absolute atomic E-state index is 0.0479. The van der Waals surface area contributed by atoms with Crippen molar-refractivity contribution in [3.63, 3.8) is 0 Å². The van der Waals surface area contributed by atoms with Crippen molar-refractivity contribution < 1.29 is 69.2 Å². The van der Waals surface area contributed by atoms with E-state index in [-0.39, 0.29) is 54.4 Å². The lowest BCUT2D eigenvalue weighted by molar-refractivity contribution is -0.368. The highest BCUT2D eigenvalue weighted by atomic mass is 31.2. The topological polar surface area (TPSA) is 376 Å². The number of aromatic nitrogens is 4. The van der Waals surface area contributed by atoms with Gasteiger partial charge in [0.15, 0.2) is 6.23 Å². The molecule has 3 aliphatic heterocycles. The van der Waals surface area contributed by atoms with Gasteiger partial charge < -0.3 is 65.3 Å². The number of amides is 2. The summed E-state index contributed by atoms with van der Waals surface area (Å²) in [6.07, 6.45) is 10.8. The van der Waals surface area contributed by atoms with E-state index in [9.17, 15) is 53.5 Å². The number of nitrogens with one attached hydrogen (secondary N) is 3. The van der Waals surface area contributed by atoms with Crippen LogP contribution in [0.15, 0.2) is 43.7 Å². The van der Waals surface area contributed by atoms with Crippen LogP contribution in [0.25, 0.3) is 12.2 Å². The predicted octanol–water partition coefficient (Wildman–Crippen LogP) is -1.79. The molecule has 12 N–H and O–H groups in total. The molecule has 69 heavy (non-hydrogen) atoms. The van der Waals surface area contributed by atoms with Crippen molar-refractivity contribution in [3.05, 3.63) is 77.3 Å². The van der Waals surface area contributed by atoms with Crippen molar-refractivity contribution in [2.75, 3.05) is 46.0 Å². The number of nitrogens with zero attached hydrogens (tertiary/aromatic N) is 3. The molecule has 2 amide bonds. The molecule has 0 aliphatic carbocycles. The molecule has 0 radical (unpaired) electrons. The summed E-state index contributed by atoms with van der Waals surface area (Å²) in [6.45, 7) is 7.64. The van der Waals surface area contributed by atoms with E-state index >= 15 is 0 Å². The Morgan fingerprint density at radius 1 is 0.884 bits per heavy atom. The third-order valence-electron chi connectivity index (χ3n) is 11.7. The third-order valence-corrected chi connectivity index (χ3v) is 12.2. The number of rotatable bonds is 22. The SMILES string of the molecule is CC/C=C/c1cn([C@@H]2O[C@H](CO)[C@H](O)C2O)c(=O)[nH]c1=O.CC1CN(C(=O)CCCCC[NH3+])CC1COP(=O)([O-])O.CCCCCCCNC(=O)/C=C/c1cn([C@H]2C[C@@H](O)[C@@H](CO)O2)c(=O)[nH]c1=O. The van der Waals surface area contributed by atoms with Crippen molar-refractivity contribution in [2.24, 2.45) is 11.8 Å². The minimum atomic E-state index is -4.67. The number of phosphoric ester groups is 1. The molecule has 2 aromatic heterocycles. The van der Waals surface area contributed by atoms with Crippen molar-refractivity contribution in [1.82, 2.24) is 29.3 Å². The number of aliphatic hydroxyl groups is 5. The van der Waals surface area contributed by atoms with Crippen LogP contribution in [0.4, 0.5) is 0 Å². The summed E-state index contributed by atoms with van der Waals surface area (Å²) in [4.78, 5) is 96.7. The van der Waals surface area contributed by atoms with E-state index in [4.69, 9.17) is 24.6 Å². The number of aliphatic hydroxyl groups excluding tert-OH is 5. The van der Waals surface area contributed by atoms with Crippen LogP contribution in [0.1, 0.15) is 115 Å². The number of likely N-dealkylation sites (tertiary alicyclic amines) is 1. The molecule has 5 heterocycles. The molecule has 390 valence electrons. The Kier molecular flexibility index (Phi) is 25.3. The molecule has 25 heteroatoms. The molecule has 3 saturated heterocycles. The zero-order chi connectivity index (χ0) is 51.3. The van der Waals surface area contributed by atoms with E-state index in [2.05, 4.69) is 32.5 Å². The highest BCUT2D eigenvalue weighted by molar-refractivity contribution is 7.44. The minimum Gasteiger partial charge on any atom is -0.756 e. The van der Waals surface area contributed by atoms with Gasteiger partial charge in [-0.05, 0) is 44.1 Å². The van der Waals surface area contributed by atoms with E-state index in [1.54, 1.807) is 17.1 Å². The molecule has 0 spiro atoms. The van der Waals surface area contributed by atoms with Gasteiger partial charge in [0, 0.05) is 56.9 Å². The first-order chi connectivity index (χ1) is 32.8. The lowest BCUT2D eigenvalue weighted by Gasteiger charge is -2.20. The third kappa shape index (κ3) is 19.0. The van der Waals surface area contributed by atoms with Crippen LogP contribution >= 0.6 is 7.82 Å². The zero-order valence-electron chi connectivity index (χ0n) is 39.6. The Balaban J connectivity index is 0.000000279. The van der Waals surface area contributed by atoms with E-state index in [1.165, 1.54) is 31.0 Å². The Morgan fingerprint density at radius 2 is 1.51 bits per heavy atom. The van der Waals surface area contributed by atoms with Gasteiger partial charge in [-0.3, -0.25) is 42.8 Å². The zero-order valence-corrected chi connectivity index (χ0v) is 40.5. The number of ether oxygens (including phenoxy) is 2. The Bertz CT molecular complexity index is 2260. The van der Waals surface area contributed by atoms with Crippen LogP contribution in [0.5, 0.6) is 0 Å². The maximum absolute atomic E-state index is 12.0. The molecule has 10 atom stereocenters. The lowest BCUT2D eigenvalue weighted by atomic mass is 10.00. The first-order valence-corrected chi connectivity index (χ1v) is 24.9. The molecule has 3 aliphatic rings. The normalized spacial score (nSPS) is 25.3. The summed E-state index contributed by atoms with van der Waals surface area (Å²) in [6, 6.07) is 0. The van der Waals surface area contributed by atoms with E-state index in [1.807, 2.05) is 13.8 Å². The largest absolute Gasteiger partial charge is 0.756 e. The molecule has 24 nitrogen and oxygen atoms in total. The number of allylic oxidation sites excluding steroid dienone is 1. The average Bonchev–Trinajstić information content (AvgIpc) is 3.97. The maximum Gasteiger partial charge on any atom is 0.330 e. The van der Waals surface area contributed by atoms with E-state index < -0.39 is 79.9 Å². The number of quaternary nitrogens is 1. The van der Waals surface area contributed by atoms with Crippen LogP contribution in [-0.4, -0.2) is 143 Å². The Hall–Kier alpha value is -4.43. The van der Waals surface area contributed by atoms with Gasteiger partial charge in [-0.2, -0.15) is 0 Å². The first kappa shape index (κ1) is 58.9. The van der Waals surface area contributed by atoms with Crippen molar-refractivity contribution in [1.29, 1.82) is 0 Å². The maximum atomic E-state index is 12.0. The number of carbonyl (C=O) groups is 2. The smallest absolute Gasteiger partial charge is 0.330 e. The fourth-order valence-corrected chi connectivity index (χ4v) is 8.02. The van der Waals surface area contributed by atoms with Gasteiger partial charge >= 0.3 is 11.4 Å². The predicted molar refractivity (Wildman–Crippen MR) is 249 cm³/mol. The monoisotopic (exact) mass is 1000 g/mol. The summed E-state index contributed by atoms with van der Waals surface area (Å²) >= 11 is 0. The fraction of sp³-hybridized carbons (Fsp3) is 0.682. The summed E-state index contributed by atoms with van der Waals surface area (Å²) in [5.74, 6) is -0.0863. The molecular formula is C44H72N7O17P. The van der Waals surface area contributed by atoms with Gasteiger partial charge in [0.25, 0.3) is 18.9 Å². The second-order valence-corrected chi connectivity index (χ2v) is 18.4. The molecule has 0 bridgehead atoms. The number of H-pyrrole nitrogens is 2. The Labute approximate surface area is 399 Å². The quantitative estimate of drug-likeness (QED) is 0.0354. The van der Waals surface area contributed by atoms with Gasteiger partial charge in [0.2, 0.25) is 11.8 Å². The van der Waals surface area contributed by atoms with Crippen LogP contribution < -0.4 is 38.4 Å². The van der Waals surface area contributed by atoms with Gasteiger partial charge in [-0.15, -0.1) is 0 Å². The highest BCUT2D eigenvalue weighted by Gasteiger charge is 2.44. The standard InChI is InChI=1S/C19H29N3O6.C13H18N2O6.C12H25N2O5P/c1-2-3-4-5-6-9-20-16(25)8-7-13-11-22(19(27)21-18(13)26)17-10-14(24)15(12-23)28-17;1-2-3-4-7-5-15(13(20)14-11(7)19)12-10(18)9(17)8(6-16)21-12;1-10-7-14(12(15)5-3-2-4-6-13)8-11(10)9-19-20(16,17)18/h7-8,11,14-15,17,23-24H,2-6,9-10,12H2,1H3,(H,20,25)(H,21,26,27);3-5,8-10,12,16-18H,2,6H2,1H3,(H,14,19,20);10-11H,2-9,13H2,1H3,(H2,16,17,18)/b8-7+;4-3+;/t14-,15-,17-;8-,9+,10?,12-;/m11./s1. The number of carbonyl (C=O) groups excluding carboxylic acids is 2. The van der Waals surface area contributed by atoms with Crippen molar-refractivity contribution in [2.45, 2.75) is 134 Å². The van der Waals surface area contributed by atoms with Crippen LogP contribution in [0.3, 0.4) is 0 Å². The van der Waals surface area contributed by atoms with Crippen LogP contribution in [0, 0.1) is 11.8 Å². The number of unbranched alkanes of at least 4 members (excludes halogenated alkanes) is 6. The fourth-order valence-electron chi connectivity index (χ4n) is 7.64. The molecule has 2 aromatic rings. The molecule has 0 aromatic carbocycles. The van der Waals surface area contributed by atoms with E-state index in [0.717, 1.165) is 60.6 Å². The number of hydrogen-bond donors (Lipinski definition) is 10. The summed E-state index contributed by atoms with van der Waals surface area (Å²) in [5.41, 5.74) is 1.49. The molecule has 0 saturated carbocycles. The van der Waals surface area contributed by atoms with Crippen molar-refractivity contribution >= 4 is 31.8 Å². The van der Waals surface area contributed by atoms with Crippen LogP contribution in [0.2, 0.25) is 0 Å². The lowest BCUT2D eigenvalue weighted by Crippen LogP contribution is -2.50. The van der Waals surface area contributed by atoms with Gasteiger partial charge in [-0.25, -0.2) is 9.59 Å². The summed E-state index contributed by atoms with van der Waals surface area (Å²) < 4.78 is 27.9. The second-order valence-electron chi connectivity index (χ2n) is 17.2. The molecular weight excluding hydrogens is 929 g/mol. The van der Waals surface area contributed by atoms with Gasteiger partial charge in [0.1, 0.15) is 30.6 Å². The van der Waals surface area contributed by atoms with Gasteiger partial charge in [-0.1, -0.05) is 58.6 Å². The van der Waals surface area contributed by atoms with Crippen molar-refractivity contribution in [3.8, 4) is 0 Å². The molecule has 4 unspecified atom stereocenters.